The van der Waals surface area contributed by atoms with Gasteiger partial charge < -0.3 is 10.3 Å². The molecule has 9 nitrogen and oxygen atoms in total. The predicted octanol–water partition coefficient (Wildman–Crippen LogP) is 4.65. The summed E-state index contributed by atoms with van der Waals surface area (Å²) in [4.78, 5) is 44.1. The molecule has 0 bridgehead atoms. The standard InChI is InChI=1S/C24H16FN5O4S/c25-14-5-9-16(10-6-14)29-23(32)22-21(18-3-1-2-4-19(18)27-22)28-24(29)35-13-20(31)26-15-7-11-17(12-8-15)30(33)34/h1-12,27H,13H2,(H,26,31). The normalized spacial score (nSPS) is 11.1. The summed E-state index contributed by atoms with van der Waals surface area (Å²) in [6.07, 6.45) is 0. The first-order valence-corrected chi connectivity index (χ1v) is 11.4. The van der Waals surface area contributed by atoms with Gasteiger partial charge in [0, 0.05) is 28.7 Å². The number of nitrogens with zero attached hydrogens (tertiary/aromatic N) is 3. The summed E-state index contributed by atoms with van der Waals surface area (Å²) >= 11 is 1.05. The third kappa shape index (κ3) is 4.36. The molecule has 0 radical (unpaired) electrons. The summed E-state index contributed by atoms with van der Waals surface area (Å²) in [6.45, 7) is 0. The number of aromatic amines is 1. The van der Waals surface area contributed by atoms with Crippen molar-refractivity contribution in [1.29, 1.82) is 0 Å². The molecule has 0 saturated carbocycles. The molecule has 11 heteroatoms. The third-order valence-corrected chi connectivity index (χ3v) is 6.21. The molecule has 5 rings (SSSR count). The van der Waals surface area contributed by atoms with Gasteiger partial charge in [-0.25, -0.2) is 9.37 Å². The number of carbonyl (C=O) groups excluding carboxylic acids is 1. The van der Waals surface area contributed by atoms with Crippen molar-refractivity contribution in [2.75, 3.05) is 11.1 Å². The summed E-state index contributed by atoms with van der Waals surface area (Å²) in [5.74, 6) is -0.917. The lowest BCUT2D eigenvalue weighted by molar-refractivity contribution is -0.384. The van der Waals surface area contributed by atoms with E-state index < -0.39 is 10.7 Å². The highest BCUT2D eigenvalue weighted by molar-refractivity contribution is 7.99. The number of hydrogen-bond acceptors (Lipinski definition) is 6. The Kier molecular flexibility index (Phi) is 5.75. The van der Waals surface area contributed by atoms with E-state index in [2.05, 4.69) is 15.3 Å². The quantitative estimate of drug-likeness (QED) is 0.155. The highest BCUT2D eigenvalue weighted by Crippen LogP contribution is 2.26. The maximum atomic E-state index is 13.5. The van der Waals surface area contributed by atoms with Crippen LogP contribution >= 0.6 is 11.8 Å². The number of rotatable bonds is 6. The van der Waals surface area contributed by atoms with E-state index in [0.717, 1.165) is 22.7 Å². The van der Waals surface area contributed by atoms with E-state index in [1.54, 1.807) is 0 Å². The van der Waals surface area contributed by atoms with Gasteiger partial charge in [0.2, 0.25) is 5.91 Å². The fraction of sp³-hybridized carbons (Fsp3) is 0.0417. The summed E-state index contributed by atoms with van der Waals surface area (Å²) in [7, 11) is 0. The van der Waals surface area contributed by atoms with Crippen LogP contribution in [-0.4, -0.2) is 31.1 Å². The Morgan fingerprint density at radius 3 is 2.51 bits per heavy atom. The zero-order chi connectivity index (χ0) is 24.5. The number of thioether (sulfide) groups is 1. The number of benzene rings is 3. The molecular formula is C24H16FN5O4S. The van der Waals surface area contributed by atoms with Crippen molar-refractivity contribution in [2.45, 2.75) is 5.16 Å². The lowest BCUT2D eigenvalue weighted by Crippen LogP contribution is -2.23. The SMILES string of the molecule is O=C(CSc1nc2c([nH]c3ccccc32)c(=O)n1-c1ccc(F)cc1)Nc1ccc([N+](=O)[O-])cc1. The molecule has 174 valence electrons. The number of anilines is 1. The Hall–Kier alpha value is -4.51. The van der Waals surface area contributed by atoms with E-state index in [9.17, 15) is 24.1 Å². The molecule has 0 atom stereocenters. The van der Waals surface area contributed by atoms with Crippen LogP contribution in [0.3, 0.4) is 0 Å². The smallest absolute Gasteiger partial charge is 0.283 e. The number of halogens is 1. The topological polar surface area (TPSA) is 123 Å². The van der Waals surface area contributed by atoms with Crippen LogP contribution in [0.2, 0.25) is 0 Å². The second-order valence-corrected chi connectivity index (χ2v) is 8.49. The number of hydrogen-bond donors (Lipinski definition) is 2. The van der Waals surface area contributed by atoms with Gasteiger partial charge in [-0.2, -0.15) is 0 Å². The van der Waals surface area contributed by atoms with Gasteiger partial charge in [0.05, 0.1) is 16.4 Å². The average molecular weight is 489 g/mol. The first-order valence-electron chi connectivity index (χ1n) is 10.4. The largest absolute Gasteiger partial charge is 0.349 e. The maximum Gasteiger partial charge on any atom is 0.283 e. The number of fused-ring (bicyclic) bond motifs is 3. The molecule has 35 heavy (non-hydrogen) atoms. The van der Waals surface area contributed by atoms with Crippen LogP contribution in [0.25, 0.3) is 27.6 Å². The molecule has 2 heterocycles. The minimum absolute atomic E-state index is 0.0848. The molecule has 0 aliphatic rings. The molecule has 1 amide bonds. The Labute approximate surface area is 200 Å². The Bertz CT molecular complexity index is 1650. The molecule has 0 aliphatic heterocycles. The predicted molar refractivity (Wildman–Crippen MR) is 132 cm³/mol. The van der Waals surface area contributed by atoms with Gasteiger partial charge in [-0.15, -0.1) is 0 Å². The van der Waals surface area contributed by atoms with E-state index >= 15 is 0 Å². The van der Waals surface area contributed by atoms with Crippen molar-refractivity contribution in [2.24, 2.45) is 0 Å². The number of aromatic nitrogens is 3. The average Bonchev–Trinajstić information content (AvgIpc) is 3.23. The number of non-ortho nitro benzene ring substituents is 1. The molecule has 0 spiro atoms. The Morgan fingerprint density at radius 2 is 1.80 bits per heavy atom. The van der Waals surface area contributed by atoms with Crippen molar-refractivity contribution < 1.29 is 14.1 Å². The molecule has 0 saturated heterocycles. The van der Waals surface area contributed by atoms with E-state index in [0.29, 0.717) is 22.4 Å². The Morgan fingerprint density at radius 1 is 1.09 bits per heavy atom. The lowest BCUT2D eigenvalue weighted by atomic mass is 10.2. The molecule has 2 N–H and O–H groups in total. The number of para-hydroxylation sites is 1. The number of nitrogens with one attached hydrogen (secondary N) is 2. The minimum atomic E-state index is -0.525. The van der Waals surface area contributed by atoms with Gasteiger partial charge in [0.15, 0.2) is 5.16 Å². The van der Waals surface area contributed by atoms with E-state index in [4.69, 9.17) is 0 Å². The molecule has 0 aliphatic carbocycles. The second-order valence-electron chi connectivity index (χ2n) is 7.55. The van der Waals surface area contributed by atoms with E-state index in [1.807, 2.05) is 24.3 Å². The van der Waals surface area contributed by atoms with Gasteiger partial charge in [-0.1, -0.05) is 30.0 Å². The second kappa shape index (κ2) is 9.03. The maximum absolute atomic E-state index is 13.5. The number of H-pyrrole nitrogens is 1. The van der Waals surface area contributed by atoms with Crippen molar-refractivity contribution in [3.8, 4) is 5.69 Å². The first kappa shape index (κ1) is 22.3. The highest BCUT2D eigenvalue weighted by atomic mass is 32.2. The van der Waals surface area contributed by atoms with Crippen LogP contribution in [0.15, 0.2) is 82.7 Å². The molecule has 5 aromatic rings. The van der Waals surface area contributed by atoms with Crippen molar-refractivity contribution in [3.05, 3.63) is 99.1 Å². The number of carbonyl (C=O) groups is 1. The Balaban J connectivity index is 1.50. The number of nitro groups is 1. The molecular weight excluding hydrogens is 473 g/mol. The monoisotopic (exact) mass is 489 g/mol. The van der Waals surface area contributed by atoms with Crippen LogP contribution < -0.4 is 10.9 Å². The van der Waals surface area contributed by atoms with Crippen LogP contribution in [-0.2, 0) is 4.79 Å². The fourth-order valence-corrected chi connectivity index (χ4v) is 4.46. The molecule has 0 fully saturated rings. The van der Waals surface area contributed by atoms with Crippen molar-refractivity contribution in [3.63, 3.8) is 0 Å². The van der Waals surface area contributed by atoms with Gasteiger partial charge in [0.25, 0.3) is 11.2 Å². The molecule has 2 aromatic heterocycles. The van der Waals surface area contributed by atoms with Gasteiger partial charge in [0.1, 0.15) is 16.9 Å². The summed E-state index contributed by atoms with van der Waals surface area (Å²) in [5, 5.41) is 14.5. The van der Waals surface area contributed by atoms with E-state index in [-0.39, 0.29) is 28.1 Å². The van der Waals surface area contributed by atoms with Crippen LogP contribution in [0.1, 0.15) is 0 Å². The zero-order valence-corrected chi connectivity index (χ0v) is 18.7. The van der Waals surface area contributed by atoms with E-state index in [1.165, 1.54) is 53.1 Å². The highest BCUT2D eigenvalue weighted by Gasteiger charge is 2.18. The van der Waals surface area contributed by atoms with Crippen LogP contribution in [0.4, 0.5) is 15.8 Å². The van der Waals surface area contributed by atoms with Gasteiger partial charge in [-0.05, 0) is 42.5 Å². The van der Waals surface area contributed by atoms with Crippen LogP contribution in [0, 0.1) is 15.9 Å². The van der Waals surface area contributed by atoms with Crippen LogP contribution in [0.5, 0.6) is 0 Å². The summed E-state index contributed by atoms with van der Waals surface area (Å²) in [5.41, 5.74) is 1.86. The molecule has 3 aromatic carbocycles. The van der Waals surface area contributed by atoms with Crippen molar-refractivity contribution in [1.82, 2.24) is 14.5 Å². The van der Waals surface area contributed by atoms with Crippen molar-refractivity contribution >= 4 is 51.0 Å². The summed E-state index contributed by atoms with van der Waals surface area (Å²) in [6, 6.07) is 18.2. The zero-order valence-electron chi connectivity index (χ0n) is 17.9. The molecule has 0 unspecified atom stereocenters. The lowest BCUT2D eigenvalue weighted by Gasteiger charge is -2.12. The summed E-state index contributed by atoms with van der Waals surface area (Å²) < 4.78 is 14.9. The van der Waals surface area contributed by atoms with Gasteiger partial charge >= 0.3 is 0 Å². The fourth-order valence-electron chi connectivity index (χ4n) is 3.65. The number of nitro benzene ring substituents is 1. The third-order valence-electron chi connectivity index (χ3n) is 5.27. The minimum Gasteiger partial charge on any atom is -0.349 e. The first-order chi connectivity index (χ1) is 16.9. The number of amides is 1. The van der Waals surface area contributed by atoms with Gasteiger partial charge in [-0.3, -0.25) is 24.3 Å².